The number of carbonyl (C=O) groups excluding carboxylic acids is 3. The van der Waals surface area contributed by atoms with Gasteiger partial charge in [-0.05, 0) is 49.1 Å². The summed E-state index contributed by atoms with van der Waals surface area (Å²) in [7, 11) is 1.68. The molecule has 1 fully saturated rings. The minimum atomic E-state index is -1.09. The number of amides is 3. The largest absolute Gasteiger partial charge is 0.369 e. The number of anilines is 1. The number of aliphatic imine (C=N–C) groups is 1. The van der Waals surface area contributed by atoms with Crippen molar-refractivity contribution in [2.45, 2.75) is 32.4 Å². The summed E-state index contributed by atoms with van der Waals surface area (Å²) in [4.78, 5) is 46.5. The molecule has 0 bridgehead atoms. The van der Waals surface area contributed by atoms with Crippen LogP contribution in [0.4, 0.5) is 5.69 Å². The van der Waals surface area contributed by atoms with E-state index < -0.39 is 12.1 Å². The van der Waals surface area contributed by atoms with Gasteiger partial charge in [0.05, 0.1) is 15.7 Å². The van der Waals surface area contributed by atoms with Gasteiger partial charge in [0, 0.05) is 37.5 Å². The number of amidine groups is 1. The molecule has 3 amide bonds. The Hall–Kier alpha value is -3.10. The van der Waals surface area contributed by atoms with Crippen LogP contribution in [0.3, 0.4) is 0 Å². The van der Waals surface area contributed by atoms with Gasteiger partial charge >= 0.3 is 0 Å². The molecule has 3 N–H and O–H groups in total. The van der Waals surface area contributed by atoms with Crippen LogP contribution < -0.4 is 16.0 Å². The second-order valence-corrected chi connectivity index (χ2v) is 10.1. The van der Waals surface area contributed by atoms with E-state index in [0.29, 0.717) is 53.9 Å². The first-order chi connectivity index (χ1) is 17.2. The van der Waals surface area contributed by atoms with Crippen LogP contribution >= 0.6 is 23.2 Å². The molecule has 0 saturated carbocycles. The lowest BCUT2D eigenvalue weighted by Gasteiger charge is -2.33. The Morgan fingerprint density at radius 3 is 2.50 bits per heavy atom. The van der Waals surface area contributed by atoms with E-state index in [1.807, 2.05) is 30.3 Å². The molecule has 190 valence electrons. The first-order valence-corrected chi connectivity index (χ1v) is 12.6. The van der Waals surface area contributed by atoms with Crippen molar-refractivity contribution >= 4 is 52.4 Å². The van der Waals surface area contributed by atoms with Crippen molar-refractivity contribution in [3.05, 3.63) is 63.6 Å². The topological polar surface area (TPSA) is 108 Å². The molecule has 36 heavy (non-hydrogen) atoms. The van der Waals surface area contributed by atoms with Crippen LogP contribution in [0.5, 0.6) is 0 Å². The number of likely N-dealkylation sites (N-methyl/N-ethyl adjacent to an activating group) is 1. The molecule has 2 atom stereocenters. The van der Waals surface area contributed by atoms with Crippen molar-refractivity contribution in [3.63, 3.8) is 0 Å². The van der Waals surface area contributed by atoms with E-state index in [9.17, 15) is 14.4 Å². The molecule has 2 heterocycles. The molecule has 1 unspecified atom stereocenters. The molecule has 0 aromatic heterocycles. The van der Waals surface area contributed by atoms with Crippen molar-refractivity contribution in [1.82, 2.24) is 10.2 Å². The number of rotatable bonds is 5. The number of nitrogens with two attached hydrogens (primary N) is 1. The number of halogens is 2. The van der Waals surface area contributed by atoms with Gasteiger partial charge in [-0.15, -0.1) is 0 Å². The van der Waals surface area contributed by atoms with Crippen molar-refractivity contribution in [2.75, 3.05) is 25.0 Å². The lowest BCUT2D eigenvalue weighted by Crippen LogP contribution is -2.48. The van der Waals surface area contributed by atoms with E-state index in [1.54, 1.807) is 26.1 Å². The summed E-state index contributed by atoms with van der Waals surface area (Å²) in [6.07, 6.45) is 0.558. The minimum absolute atomic E-state index is 0.176. The van der Waals surface area contributed by atoms with Crippen LogP contribution in [-0.2, 0) is 20.8 Å². The highest BCUT2D eigenvalue weighted by atomic mass is 35.5. The number of para-hydroxylation sites is 1. The fourth-order valence-corrected chi connectivity index (χ4v) is 4.94. The normalized spacial score (nSPS) is 19.3. The Morgan fingerprint density at radius 1 is 1.14 bits per heavy atom. The number of nitrogens with one attached hydrogen (secondary N) is 1. The van der Waals surface area contributed by atoms with Crippen LogP contribution in [0.2, 0.25) is 10.0 Å². The van der Waals surface area contributed by atoms with Crippen molar-refractivity contribution in [1.29, 1.82) is 0 Å². The maximum Gasteiger partial charge on any atom is 0.272 e. The molecule has 1 saturated heterocycles. The third kappa shape index (κ3) is 5.50. The van der Waals surface area contributed by atoms with Crippen LogP contribution in [0.25, 0.3) is 0 Å². The first-order valence-electron chi connectivity index (χ1n) is 11.9. The average molecular weight is 530 g/mol. The first kappa shape index (κ1) is 26.0. The number of nitrogens with zero attached hydrogens (tertiary/aromatic N) is 3. The highest BCUT2D eigenvalue weighted by molar-refractivity contribution is 6.42. The Morgan fingerprint density at radius 2 is 1.83 bits per heavy atom. The highest BCUT2D eigenvalue weighted by Crippen LogP contribution is 2.28. The standard InChI is InChI=1S/C26H29Cl2N5O3/c1-15(13-16-7-8-19(27)20(28)14-16)25(35)31-23-26(36)32(2)21-6-4-3-5-18(21)24(30-23)33-11-9-17(10-12-33)22(29)34/h3-8,14-15,17,23H,9-13H2,1-2H3,(H2,29,34)(H,31,35)/t15-,23?/m0/s1. The molecule has 4 rings (SSSR count). The summed E-state index contributed by atoms with van der Waals surface area (Å²) in [6, 6.07) is 12.8. The Balaban J connectivity index is 1.58. The van der Waals surface area contributed by atoms with Gasteiger partial charge in [-0.2, -0.15) is 0 Å². The molecular formula is C26H29Cl2N5O3. The molecular weight excluding hydrogens is 501 g/mol. The lowest BCUT2D eigenvalue weighted by molar-refractivity contribution is -0.129. The van der Waals surface area contributed by atoms with Crippen LogP contribution in [0.15, 0.2) is 47.5 Å². The summed E-state index contributed by atoms with van der Waals surface area (Å²) < 4.78 is 0. The number of benzodiazepines with no additional fused rings is 1. The highest BCUT2D eigenvalue weighted by Gasteiger charge is 2.34. The van der Waals surface area contributed by atoms with E-state index in [2.05, 4.69) is 10.2 Å². The summed E-state index contributed by atoms with van der Waals surface area (Å²) in [6.45, 7) is 2.94. The fraction of sp³-hybridized carbons (Fsp3) is 0.385. The van der Waals surface area contributed by atoms with Crippen LogP contribution in [-0.4, -0.2) is 54.8 Å². The molecule has 2 aliphatic heterocycles. The number of fused-ring (bicyclic) bond motifs is 1. The van der Waals surface area contributed by atoms with Gasteiger partial charge in [0.2, 0.25) is 18.0 Å². The maximum atomic E-state index is 13.4. The van der Waals surface area contributed by atoms with E-state index >= 15 is 0 Å². The number of likely N-dealkylation sites (tertiary alicyclic amines) is 1. The summed E-state index contributed by atoms with van der Waals surface area (Å²) in [5.41, 5.74) is 7.88. The second-order valence-electron chi connectivity index (χ2n) is 9.30. The quantitative estimate of drug-likeness (QED) is 0.619. The van der Waals surface area contributed by atoms with Gasteiger partial charge in [0.25, 0.3) is 5.91 Å². The van der Waals surface area contributed by atoms with Crippen molar-refractivity contribution in [3.8, 4) is 0 Å². The van der Waals surface area contributed by atoms with Gasteiger partial charge in [0.15, 0.2) is 0 Å². The molecule has 10 heteroatoms. The molecule has 0 spiro atoms. The third-order valence-corrected chi connectivity index (χ3v) is 7.51. The number of primary amides is 1. The lowest BCUT2D eigenvalue weighted by atomic mass is 9.95. The Bertz CT molecular complexity index is 1210. The zero-order valence-corrected chi connectivity index (χ0v) is 21.7. The predicted octanol–water partition coefficient (Wildman–Crippen LogP) is 3.23. The number of piperidine rings is 1. The molecule has 8 nitrogen and oxygen atoms in total. The SMILES string of the molecule is C[C@@H](Cc1ccc(Cl)c(Cl)c1)C(=O)NC1N=C(N2CCC(C(N)=O)CC2)c2ccccc2N(C)C1=O. The summed E-state index contributed by atoms with van der Waals surface area (Å²) in [5, 5.41) is 3.71. The number of hydrogen-bond donors (Lipinski definition) is 2. The van der Waals surface area contributed by atoms with Gasteiger partial charge in [-0.1, -0.05) is 48.3 Å². The zero-order chi connectivity index (χ0) is 26.0. The smallest absolute Gasteiger partial charge is 0.272 e. The molecule has 0 radical (unpaired) electrons. The van der Waals surface area contributed by atoms with E-state index in [4.69, 9.17) is 33.9 Å². The Kier molecular flexibility index (Phi) is 7.85. The molecule has 0 aliphatic carbocycles. The Labute approximate surface area is 220 Å². The van der Waals surface area contributed by atoms with Crippen LogP contribution in [0, 0.1) is 11.8 Å². The second kappa shape index (κ2) is 10.9. The van der Waals surface area contributed by atoms with Crippen molar-refractivity contribution in [2.24, 2.45) is 22.6 Å². The maximum absolute atomic E-state index is 13.4. The third-order valence-electron chi connectivity index (χ3n) is 6.77. The van der Waals surface area contributed by atoms with Gasteiger partial charge in [0.1, 0.15) is 5.84 Å². The van der Waals surface area contributed by atoms with E-state index in [1.165, 1.54) is 4.90 Å². The van der Waals surface area contributed by atoms with E-state index in [0.717, 1.165) is 11.1 Å². The molecule has 2 aromatic carbocycles. The number of hydrogen-bond acceptors (Lipinski definition) is 5. The summed E-state index contributed by atoms with van der Waals surface area (Å²) >= 11 is 12.1. The van der Waals surface area contributed by atoms with Crippen molar-refractivity contribution < 1.29 is 14.4 Å². The van der Waals surface area contributed by atoms with Crippen LogP contribution in [0.1, 0.15) is 30.9 Å². The zero-order valence-electron chi connectivity index (χ0n) is 20.2. The van der Waals surface area contributed by atoms with Gasteiger partial charge in [-0.25, -0.2) is 4.99 Å². The number of benzene rings is 2. The molecule has 2 aromatic rings. The van der Waals surface area contributed by atoms with Gasteiger partial charge < -0.3 is 20.9 Å². The average Bonchev–Trinajstić information content (AvgIpc) is 2.97. The monoisotopic (exact) mass is 529 g/mol. The minimum Gasteiger partial charge on any atom is -0.369 e. The number of carbonyl (C=O) groups is 3. The predicted molar refractivity (Wildman–Crippen MR) is 141 cm³/mol. The summed E-state index contributed by atoms with van der Waals surface area (Å²) in [5.74, 6) is -0.919. The molecule has 2 aliphatic rings. The fourth-order valence-electron chi connectivity index (χ4n) is 4.62. The van der Waals surface area contributed by atoms with Gasteiger partial charge in [-0.3, -0.25) is 14.4 Å². The van der Waals surface area contributed by atoms with E-state index in [-0.39, 0.29) is 23.6 Å².